The van der Waals surface area contributed by atoms with Crippen LogP contribution in [-0.2, 0) is 11.3 Å². The number of hydrogen-bond donors (Lipinski definition) is 1. The summed E-state index contributed by atoms with van der Waals surface area (Å²) >= 11 is 7.50. The van der Waals surface area contributed by atoms with E-state index in [-0.39, 0.29) is 11.9 Å². The van der Waals surface area contributed by atoms with Crippen LogP contribution >= 0.6 is 22.9 Å². The van der Waals surface area contributed by atoms with Gasteiger partial charge in [0.1, 0.15) is 0 Å². The zero-order valence-corrected chi connectivity index (χ0v) is 15.1. The Morgan fingerprint density at radius 3 is 2.88 bits per heavy atom. The van der Waals surface area contributed by atoms with Crippen LogP contribution in [0.15, 0.2) is 48.7 Å². The number of aromatic nitrogens is 1. The molecule has 0 radical (unpaired) electrons. The Labute approximate surface area is 150 Å². The van der Waals surface area contributed by atoms with Gasteiger partial charge in [-0.2, -0.15) is 0 Å². The third kappa shape index (κ3) is 3.75. The quantitative estimate of drug-likeness (QED) is 0.734. The van der Waals surface area contributed by atoms with Gasteiger partial charge in [0.05, 0.1) is 21.6 Å². The largest absolute Gasteiger partial charge is 0.324 e. The normalized spacial score (nSPS) is 12.5. The number of carbonyl (C=O) groups excluding carboxylic acids is 1. The van der Waals surface area contributed by atoms with Crippen molar-refractivity contribution in [3.8, 4) is 0 Å². The topological polar surface area (TPSA) is 45.2 Å². The molecule has 4 nitrogen and oxygen atoms in total. The number of carbonyl (C=O) groups is 1. The zero-order chi connectivity index (χ0) is 17.1. The molecular weight excluding hydrogens is 342 g/mol. The Kier molecular flexibility index (Phi) is 5.14. The Morgan fingerprint density at radius 1 is 1.29 bits per heavy atom. The van der Waals surface area contributed by atoms with Gasteiger partial charge in [-0.1, -0.05) is 17.7 Å². The van der Waals surface area contributed by atoms with Gasteiger partial charge in [-0.15, -0.1) is 11.3 Å². The van der Waals surface area contributed by atoms with E-state index in [1.807, 2.05) is 61.3 Å². The molecule has 0 aliphatic carbocycles. The molecule has 0 aliphatic heterocycles. The average molecular weight is 360 g/mol. The monoisotopic (exact) mass is 359 g/mol. The first-order valence-electron chi connectivity index (χ1n) is 7.63. The number of nitrogens with zero attached hydrogens (tertiary/aromatic N) is 2. The summed E-state index contributed by atoms with van der Waals surface area (Å²) in [5.41, 5.74) is 1.65. The van der Waals surface area contributed by atoms with Crippen molar-refractivity contribution in [2.75, 3.05) is 12.4 Å². The molecule has 2 heterocycles. The predicted molar refractivity (Wildman–Crippen MR) is 101 cm³/mol. The summed E-state index contributed by atoms with van der Waals surface area (Å²) in [5, 5.41) is 3.95. The highest BCUT2D eigenvalue weighted by Gasteiger charge is 2.19. The lowest BCUT2D eigenvalue weighted by molar-refractivity contribution is -0.120. The summed E-state index contributed by atoms with van der Waals surface area (Å²) in [7, 11) is 1.93. The molecule has 0 bridgehead atoms. The second kappa shape index (κ2) is 7.30. The van der Waals surface area contributed by atoms with Gasteiger partial charge in [0.15, 0.2) is 0 Å². The number of hydrogen-bond acceptors (Lipinski definition) is 4. The van der Waals surface area contributed by atoms with E-state index in [2.05, 4.69) is 10.3 Å². The molecule has 0 spiro atoms. The van der Waals surface area contributed by atoms with Crippen LogP contribution in [0, 0.1) is 0 Å². The molecule has 2 aromatic heterocycles. The molecule has 0 aliphatic rings. The van der Waals surface area contributed by atoms with Crippen molar-refractivity contribution in [3.05, 3.63) is 57.9 Å². The number of halogens is 1. The fraction of sp³-hybridized carbons (Fsp3) is 0.222. The Morgan fingerprint density at radius 2 is 2.12 bits per heavy atom. The van der Waals surface area contributed by atoms with E-state index in [1.54, 1.807) is 6.20 Å². The first kappa shape index (κ1) is 16.9. The SMILES string of the molecule is CC(C(=O)Nc1cccc2ncccc12)N(C)Cc1ccc(Cl)s1. The van der Waals surface area contributed by atoms with Crippen LogP contribution in [0.25, 0.3) is 10.9 Å². The maximum Gasteiger partial charge on any atom is 0.241 e. The van der Waals surface area contributed by atoms with Crippen LogP contribution in [0.3, 0.4) is 0 Å². The molecule has 0 fully saturated rings. The van der Waals surface area contributed by atoms with E-state index in [0.29, 0.717) is 6.54 Å². The average Bonchev–Trinajstić information content (AvgIpc) is 2.99. The van der Waals surface area contributed by atoms with Crippen LogP contribution in [0.1, 0.15) is 11.8 Å². The molecule has 24 heavy (non-hydrogen) atoms. The van der Waals surface area contributed by atoms with Crippen LogP contribution in [-0.4, -0.2) is 28.9 Å². The third-order valence-corrected chi connectivity index (χ3v) is 5.19. The summed E-state index contributed by atoms with van der Waals surface area (Å²) in [6.45, 7) is 2.58. The van der Waals surface area contributed by atoms with Gasteiger partial charge in [0.2, 0.25) is 5.91 Å². The molecule has 0 saturated heterocycles. The number of amides is 1. The van der Waals surface area contributed by atoms with E-state index in [0.717, 1.165) is 25.8 Å². The highest BCUT2D eigenvalue weighted by atomic mass is 35.5. The van der Waals surface area contributed by atoms with Crippen LogP contribution < -0.4 is 5.32 Å². The highest BCUT2D eigenvalue weighted by molar-refractivity contribution is 7.16. The number of pyridine rings is 1. The standard InChI is InChI=1S/C18H18ClN3OS/c1-12(22(2)11-13-8-9-17(19)24-13)18(23)21-16-7-3-6-15-14(16)5-4-10-20-15/h3-10,12H,11H2,1-2H3,(H,21,23). The number of rotatable bonds is 5. The van der Waals surface area contributed by atoms with E-state index in [9.17, 15) is 4.79 Å². The maximum atomic E-state index is 12.6. The summed E-state index contributed by atoms with van der Waals surface area (Å²) < 4.78 is 0.763. The van der Waals surface area contributed by atoms with Crippen molar-refractivity contribution in [2.24, 2.45) is 0 Å². The van der Waals surface area contributed by atoms with Crippen LogP contribution in [0.4, 0.5) is 5.69 Å². The molecule has 1 amide bonds. The molecule has 1 aromatic carbocycles. The fourth-order valence-corrected chi connectivity index (χ4v) is 3.62. The van der Waals surface area contributed by atoms with Crippen molar-refractivity contribution >= 4 is 45.4 Å². The van der Waals surface area contributed by atoms with E-state index in [1.165, 1.54) is 11.3 Å². The Hall–Kier alpha value is -1.95. The number of anilines is 1. The van der Waals surface area contributed by atoms with Crippen LogP contribution in [0.5, 0.6) is 0 Å². The van der Waals surface area contributed by atoms with Gasteiger partial charge in [-0.3, -0.25) is 14.7 Å². The second-order valence-electron chi connectivity index (χ2n) is 5.66. The minimum absolute atomic E-state index is 0.0449. The van der Waals surface area contributed by atoms with Gasteiger partial charge < -0.3 is 5.32 Å². The number of likely N-dealkylation sites (N-methyl/N-ethyl adjacent to an activating group) is 1. The fourth-order valence-electron chi connectivity index (χ4n) is 2.47. The summed E-state index contributed by atoms with van der Waals surface area (Å²) in [4.78, 5) is 20.0. The summed E-state index contributed by atoms with van der Waals surface area (Å²) in [6, 6.07) is 13.2. The lowest BCUT2D eigenvalue weighted by atomic mass is 10.1. The molecule has 3 aromatic rings. The molecule has 0 saturated carbocycles. The second-order valence-corrected chi connectivity index (χ2v) is 7.46. The molecule has 1 unspecified atom stereocenters. The first-order chi connectivity index (χ1) is 11.5. The van der Waals surface area contributed by atoms with Gasteiger partial charge in [0, 0.05) is 23.0 Å². The Bertz CT molecular complexity index is 859. The Balaban J connectivity index is 1.71. The maximum absolute atomic E-state index is 12.6. The van der Waals surface area contributed by atoms with Crippen molar-refractivity contribution in [3.63, 3.8) is 0 Å². The number of nitrogens with one attached hydrogen (secondary N) is 1. The van der Waals surface area contributed by atoms with Gasteiger partial charge in [0.25, 0.3) is 0 Å². The third-order valence-electron chi connectivity index (χ3n) is 3.98. The van der Waals surface area contributed by atoms with Crippen molar-refractivity contribution in [1.29, 1.82) is 0 Å². The molecule has 6 heteroatoms. The molecule has 124 valence electrons. The number of fused-ring (bicyclic) bond motifs is 1. The smallest absolute Gasteiger partial charge is 0.241 e. The van der Waals surface area contributed by atoms with E-state index >= 15 is 0 Å². The van der Waals surface area contributed by atoms with E-state index < -0.39 is 0 Å². The predicted octanol–water partition coefficient (Wildman–Crippen LogP) is 4.41. The van der Waals surface area contributed by atoms with Crippen molar-refractivity contribution in [1.82, 2.24) is 9.88 Å². The van der Waals surface area contributed by atoms with Crippen molar-refractivity contribution in [2.45, 2.75) is 19.5 Å². The summed E-state index contributed by atoms with van der Waals surface area (Å²) in [6.07, 6.45) is 1.75. The highest BCUT2D eigenvalue weighted by Crippen LogP contribution is 2.24. The molecule has 1 atom stereocenters. The summed E-state index contributed by atoms with van der Waals surface area (Å²) in [5.74, 6) is -0.0449. The van der Waals surface area contributed by atoms with E-state index in [4.69, 9.17) is 11.6 Å². The lowest BCUT2D eigenvalue weighted by Gasteiger charge is -2.23. The minimum atomic E-state index is -0.266. The van der Waals surface area contributed by atoms with Gasteiger partial charge in [-0.05, 0) is 50.4 Å². The van der Waals surface area contributed by atoms with Gasteiger partial charge >= 0.3 is 0 Å². The number of thiophene rings is 1. The minimum Gasteiger partial charge on any atom is -0.324 e. The first-order valence-corrected chi connectivity index (χ1v) is 8.83. The lowest BCUT2D eigenvalue weighted by Crippen LogP contribution is -2.39. The van der Waals surface area contributed by atoms with Gasteiger partial charge in [-0.25, -0.2) is 0 Å². The number of benzene rings is 1. The molecular formula is C18H18ClN3OS. The molecule has 3 rings (SSSR count). The zero-order valence-electron chi connectivity index (χ0n) is 13.5. The van der Waals surface area contributed by atoms with Crippen LogP contribution in [0.2, 0.25) is 4.34 Å². The van der Waals surface area contributed by atoms with Crippen molar-refractivity contribution < 1.29 is 4.79 Å². The molecule has 1 N–H and O–H groups in total.